The summed E-state index contributed by atoms with van der Waals surface area (Å²) in [5.74, 6) is 0.371. The number of aromatic nitrogens is 1. The van der Waals surface area contributed by atoms with E-state index in [-0.39, 0.29) is 48.4 Å². The number of amides is 1. The van der Waals surface area contributed by atoms with Gasteiger partial charge in [-0.3, -0.25) is 14.9 Å². The molecule has 3 aromatic rings. The first-order chi connectivity index (χ1) is 14.8. The Balaban J connectivity index is 1.46. The summed E-state index contributed by atoms with van der Waals surface area (Å²) in [5.41, 5.74) is 0.214. The SMILES string of the molecule is Cc1ccc([N+](=O)[O-])cc1S(=O)(=O)N1CCN(C(=O)c2cc(-c3ccco3)on2)CC1. The summed E-state index contributed by atoms with van der Waals surface area (Å²) in [5, 5.41) is 14.8. The first-order valence-corrected chi connectivity index (χ1v) is 10.8. The van der Waals surface area contributed by atoms with Crippen LogP contribution in [0.15, 0.2) is 56.5 Å². The molecule has 1 aromatic carbocycles. The number of nitrogens with zero attached hydrogens (tertiary/aromatic N) is 4. The summed E-state index contributed by atoms with van der Waals surface area (Å²) in [4.78, 5) is 24.5. The Labute approximate surface area is 177 Å². The average molecular weight is 446 g/mol. The lowest BCUT2D eigenvalue weighted by Gasteiger charge is -2.33. The minimum atomic E-state index is -3.94. The number of nitro groups is 1. The van der Waals surface area contributed by atoms with Crippen molar-refractivity contribution in [2.45, 2.75) is 11.8 Å². The van der Waals surface area contributed by atoms with Gasteiger partial charge in [-0.25, -0.2) is 8.42 Å². The van der Waals surface area contributed by atoms with Crippen LogP contribution in [-0.4, -0.2) is 59.8 Å². The molecule has 0 unspecified atom stereocenters. The highest BCUT2D eigenvalue weighted by Gasteiger charge is 2.33. The molecule has 1 aliphatic rings. The molecule has 3 heterocycles. The fourth-order valence-corrected chi connectivity index (χ4v) is 4.99. The van der Waals surface area contributed by atoms with Crippen molar-refractivity contribution in [3.63, 3.8) is 0 Å². The molecule has 4 rings (SSSR count). The number of benzene rings is 1. The number of hydrogen-bond donors (Lipinski definition) is 0. The highest BCUT2D eigenvalue weighted by atomic mass is 32.2. The van der Waals surface area contributed by atoms with E-state index in [1.807, 2.05) is 0 Å². The van der Waals surface area contributed by atoms with Gasteiger partial charge in [0.05, 0.1) is 16.1 Å². The van der Waals surface area contributed by atoms with E-state index in [0.717, 1.165) is 6.07 Å². The molecule has 162 valence electrons. The summed E-state index contributed by atoms with van der Waals surface area (Å²) in [6.45, 7) is 1.99. The zero-order valence-corrected chi connectivity index (χ0v) is 17.2. The van der Waals surface area contributed by atoms with Crippen molar-refractivity contribution in [1.29, 1.82) is 0 Å². The predicted octanol–water partition coefficient (Wildman–Crippen LogP) is 2.30. The third kappa shape index (κ3) is 3.94. The zero-order valence-electron chi connectivity index (χ0n) is 16.4. The Hall–Kier alpha value is -3.51. The van der Waals surface area contributed by atoms with Gasteiger partial charge in [-0.1, -0.05) is 11.2 Å². The number of carbonyl (C=O) groups is 1. The minimum absolute atomic E-state index is 0.0547. The van der Waals surface area contributed by atoms with E-state index in [4.69, 9.17) is 8.94 Å². The van der Waals surface area contributed by atoms with Crippen molar-refractivity contribution in [1.82, 2.24) is 14.4 Å². The fourth-order valence-electron chi connectivity index (χ4n) is 3.32. The van der Waals surface area contributed by atoms with E-state index in [9.17, 15) is 23.3 Å². The minimum Gasteiger partial charge on any atom is -0.461 e. The lowest BCUT2D eigenvalue weighted by Crippen LogP contribution is -2.50. The standard InChI is InChI=1S/C19H18N4O7S/c1-13-4-5-14(23(25)26)11-18(13)31(27,28)22-8-6-21(7-9-22)19(24)15-12-17(30-20-15)16-3-2-10-29-16/h2-5,10-12H,6-9H2,1H3. The van der Waals surface area contributed by atoms with E-state index in [2.05, 4.69) is 5.16 Å². The second-order valence-corrected chi connectivity index (χ2v) is 8.86. The van der Waals surface area contributed by atoms with Crippen molar-refractivity contribution in [3.8, 4) is 11.5 Å². The van der Waals surface area contributed by atoms with Gasteiger partial charge < -0.3 is 13.8 Å². The second kappa shape index (κ2) is 7.96. The second-order valence-electron chi connectivity index (χ2n) is 6.96. The average Bonchev–Trinajstić information content (AvgIpc) is 3.45. The van der Waals surface area contributed by atoms with E-state index in [1.165, 1.54) is 33.7 Å². The lowest BCUT2D eigenvalue weighted by molar-refractivity contribution is -0.385. The van der Waals surface area contributed by atoms with Crippen molar-refractivity contribution in [3.05, 3.63) is 64.0 Å². The largest absolute Gasteiger partial charge is 0.461 e. The van der Waals surface area contributed by atoms with Crippen LogP contribution in [0.3, 0.4) is 0 Å². The Morgan fingerprint density at radius 3 is 2.52 bits per heavy atom. The van der Waals surface area contributed by atoms with Crippen molar-refractivity contribution in [2.24, 2.45) is 0 Å². The monoisotopic (exact) mass is 446 g/mol. The van der Waals surface area contributed by atoms with Gasteiger partial charge in [-0.2, -0.15) is 4.31 Å². The summed E-state index contributed by atoms with van der Waals surface area (Å²) < 4.78 is 37.6. The molecule has 0 radical (unpaired) electrons. The number of hydrogen-bond acceptors (Lipinski definition) is 8. The Morgan fingerprint density at radius 2 is 1.87 bits per heavy atom. The number of sulfonamides is 1. The molecule has 11 nitrogen and oxygen atoms in total. The first-order valence-electron chi connectivity index (χ1n) is 9.32. The molecule has 1 aliphatic heterocycles. The van der Waals surface area contributed by atoms with Gasteiger partial charge in [0.25, 0.3) is 11.6 Å². The molecular weight excluding hydrogens is 428 g/mol. The van der Waals surface area contributed by atoms with Crippen LogP contribution >= 0.6 is 0 Å². The molecule has 0 saturated carbocycles. The summed E-state index contributed by atoms with van der Waals surface area (Å²) in [7, 11) is -3.94. The van der Waals surface area contributed by atoms with Crippen LogP contribution in [0.5, 0.6) is 0 Å². The van der Waals surface area contributed by atoms with E-state index < -0.39 is 14.9 Å². The normalized spacial score (nSPS) is 15.2. The number of rotatable bonds is 5. The van der Waals surface area contributed by atoms with Crippen molar-refractivity contribution in [2.75, 3.05) is 26.2 Å². The molecule has 0 aliphatic carbocycles. The Kier molecular flexibility index (Phi) is 5.33. The third-order valence-corrected chi connectivity index (χ3v) is 7.06. The number of non-ortho nitro benzene ring substituents is 1. The molecular formula is C19H18N4O7S. The molecule has 2 aromatic heterocycles. The van der Waals surface area contributed by atoms with E-state index in [1.54, 1.807) is 19.1 Å². The van der Waals surface area contributed by atoms with Crippen LogP contribution in [0.25, 0.3) is 11.5 Å². The number of piperazine rings is 1. The van der Waals surface area contributed by atoms with Gasteiger partial charge in [0, 0.05) is 44.4 Å². The summed E-state index contributed by atoms with van der Waals surface area (Å²) in [6.07, 6.45) is 1.47. The molecule has 12 heteroatoms. The molecule has 0 atom stereocenters. The first kappa shape index (κ1) is 20.8. The van der Waals surface area contributed by atoms with Gasteiger partial charge in [0.1, 0.15) is 0 Å². The molecule has 0 N–H and O–H groups in total. The van der Waals surface area contributed by atoms with Gasteiger partial charge in [0.2, 0.25) is 15.8 Å². The van der Waals surface area contributed by atoms with Crippen molar-refractivity contribution >= 4 is 21.6 Å². The topological polar surface area (TPSA) is 140 Å². The number of carbonyl (C=O) groups excluding carboxylic acids is 1. The quantitative estimate of drug-likeness (QED) is 0.429. The van der Waals surface area contributed by atoms with Crippen LogP contribution in [0.4, 0.5) is 5.69 Å². The van der Waals surface area contributed by atoms with Crippen LogP contribution < -0.4 is 0 Å². The maximum atomic E-state index is 13.0. The summed E-state index contributed by atoms with van der Waals surface area (Å²) >= 11 is 0. The molecule has 31 heavy (non-hydrogen) atoms. The Bertz CT molecular complexity index is 1230. The van der Waals surface area contributed by atoms with Crippen molar-refractivity contribution < 1.29 is 27.1 Å². The van der Waals surface area contributed by atoms with Gasteiger partial charge in [0.15, 0.2) is 11.5 Å². The third-order valence-electron chi connectivity index (χ3n) is 5.02. The lowest BCUT2D eigenvalue weighted by atomic mass is 10.2. The number of aryl methyl sites for hydroxylation is 1. The highest BCUT2D eigenvalue weighted by molar-refractivity contribution is 7.89. The fraction of sp³-hybridized carbons (Fsp3) is 0.263. The Morgan fingerprint density at radius 1 is 1.13 bits per heavy atom. The van der Waals surface area contributed by atoms with Gasteiger partial charge in [-0.05, 0) is 24.6 Å². The van der Waals surface area contributed by atoms with E-state index >= 15 is 0 Å². The van der Waals surface area contributed by atoms with Crippen LogP contribution in [0.2, 0.25) is 0 Å². The zero-order chi connectivity index (χ0) is 22.2. The number of furan rings is 1. The van der Waals surface area contributed by atoms with Crippen LogP contribution in [-0.2, 0) is 10.0 Å². The number of nitro benzene ring substituents is 1. The molecule has 1 saturated heterocycles. The molecule has 0 bridgehead atoms. The smallest absolute Gasteiger partial charge is 0.276 e. The molecule has 1 fully saturated rings. The molecule has 1 amide bonds. The van der Waals surface area contributed by atoms with Gasteiger partial charge >= 0.3 is 0 Å². The maximum Gasteiger partial charge on any atom is 0.276 e. The van der Waals surface area contributed by atoms with E-state index in [0.29, 0.717) is 17.1 Å². The predicted molar refractivity (Wildman–Crippen MR) is 107 cm³/mol. The highest BCUT2D eigenvalue weighted by Crippen LogP contribution is 2.26. The summed E-state index contributed by atoms with van der Waals surface area (Å²) in [6, 6.07) is 8.56. The van der Waals surface area contributed by atoms with Crippen LogP contribution in [0, 0.1) is 17.0 Å². The van der Waals surface area contributed by atoms with Crippen LogP contribution in [0.1, 0.15) is 16.1 Å². The van der Waals surface area contributed by atoms with Gasteiger partial charge in [-0.15, -0.1) is 0 Å². The maximum absolute atomic E-state index is 13.0. The molecule has 0 spiro atoms.